The zero-order valence-corrected chi connectivity index (χ0v) is 11.3. The second-order valence-corrected chi connectivity index (χ2v) is 4.69. The maximum absolute atomic E-state index is 11.9. The molecule has 1 aromatic carbocycles. The standard InChI is InChI=1S/C13H16N4O.ClH/c18-12(7-10-4-2-6-14-10)16-11-5-1-3-9-8-15-17-13(9)11;/h1,3,5,8,10,14H,2,4,6-7H2,(H,15,17)(H,16,18);1H. The van der Waals surface area contributed by atoms with Crippen molar-refractivity contribution in [1.82, 2.24) is 15.5 Å². The van der Waals surface area contributed by atoms with Gasteiger partial charge in [0.15, 0.2) is 0 Å². The molecule has 1 aliphatic heterocycles. The fourth-order valence-corrected chi connectivity index (χ4v) is 2.43. The molecule has 0 saturated carbocycles. The number of nitrogens with one attached hydrogen (secondary N) is 3. The van der Waals surface area contributed by atoms with Crippen molar-refractivity contribution in [3.05, 3.63) is 24.4 Å². The van der Waals surface area contributed by atoms with Crippen LogP contribution in [0, 0.1) is 0 Å². The van der Waals surface area contributed by atoms with Crippen molar-refractivity contribution in [2.45, 2.75) is 25.3 Å². The summed E-state index contributed by atoms with van der Waals surface area (Å²) in [5.74, 6) is 0.0523. The summed E-state index contributed by atoms with van der Waals surface area (Å²) in [6.07, 6.45) is 4.53. The summed E-state index contributed by atoms with van der Waals surface area (Å²) in [6.45, 7) is 1.02. The van der Waals surface area contributed by atoms with Crippen LogP contribution in [-0.4, -0.2) is 28.7 Å². The summed E-state index contributed by atoms with van der Waals surface area (Å²) in [6, 6.07) is 6.10. The predicted octanol–water partition coefficient (Wildman–Crippen LogP) is 2.07. The van der Waals surface area contributed by atoms with Crippen LogP contribution in [0.1, 0.15) is 19.3 Å². The number of nitrogens with zero attached hydrogens (tertiary/aromatic N) is 1. The van der Waals surface area contributed by atoms with E-state index >= 15 is 0 Å². The van der Waals surface area contributed by atoms with E-state index in [4.69, 9.17) is 0 Å². The van der Waals surface area contributed by atoms with Gasteiger partial charge in [-0.15, -0.1) is 12.4 Å². The summed E-state index contributed by atoms with van der Waals surface area (Å²) in [4.78, 5) is 11.9. The molecular formula is C13H17ClN4O. The number of anilines is 1. The van der Waals surface area contributed by atoms with Crippen LogP contribution in [-0.2, 0) is 4.79 Å². The van der Waals surface area contributed by atoms with Gasteiger partial charge in [-0.25, -0.2) is 0 Å². The van der Waals surface area contributed by atoms with Gasteiger partial charge in [-0.3, -0.25) is 9.89 Å². The Hall–Kier alpha value is -1.59. The molecular weight excluding hydrogens is 264 g/mol. The first-order valence-corrected chi connectivity index (χ1v) is 6.28. The number of aromatic amines is 1. The molecule has 6 heteroatoms. The molecule has 102 valence electrons. The van der Waals surface area contributed by atoms with Crippen LogP contribution in [0.4, 0.5) is 5.69 Å². The monoisotopic (exact) mass is 280 g/mol. The lowest BCUT2D eigenvalue weighted by Crippen LogP contribution is -2.27. The molecule has 2 heterocycles. The summed E-state index contributed by atoms with van der Waals surface area (Å²) < 4.78 is 0. The maximum Gasteiger partial charge on any atom is 0.225 e. The Morgan fingerprint density at radius 2 is 2.37 bits per heavy atom. The molecule has 0 aliphatic carbocycles. The van der Waals surface area contributed by atoms with Crippen LogP contribution in [0.15, 0.2) is 24.4 Å². The van der Waals surface area contributed by atoms with E-state index in [2.05, 4.69) is 20.8 Å². The second kappa shape index (κ2) is 6.04. The molecule has 1 fully saturated rings. The minimum atomic E-state index is 0. The fourth-order valence-electron chi connectivity index (χ4n) is 2.43. The van der Waals surface area contributed by atoms with Crippen molar-refractivity contribution >= 4 is 34.9 Å². The number of hydrogen-bond donors (Lipinski definition) is 3. The quantitative estimate of drug-likeness (QED) is 0.806. The van der Waals surface area contributed by atoms with Gasteiger partial charge in [0, 0.05) is 17.8 Å². The molecule has 1 aromatic heterocycles. The highest BCUT2D eigenvalue weighted by atomic mass is 35.5. The van der Waals surface area contributed by atoms with Gasteiger partial charge in [-0.05, 0) is 25.5 Å². The van der Waals surface area contributed by atoms with Crippen molar-refractivity contribution in [2.24, 2.45) is 0 Å². The van der Waals surface area contributed by atoms with E-state index in [1.165, 1.54) is 0 Å². The number of carbonyl (C=O) groups excluding carboxylic acids is 1. The number of carbonyl (C=O) groups is 1. The second-order valence-electron chi connectivity index (χ2n) is 4.69. The van der Waals surface area contributed by atoms with Crippen LogP contribution in [0.3, 0.4) is 0 Å². The normalized spacial score (nSPS) is 18.2. The van der Waals surface area contributed by atoms with Crippen molar-refractivity contribution in [1.29, 1.82) is 0 Å². The van der Waals surface area contributed by atoms with E-state index in [-0.39, 0.29) is 18.3 Å². The Morgan fingerprint density at radius 3 is 3.16 bits per heavy atom. The molecule has 0 radical (unpaired) electrons. The van der Waals surface area contributed by atoms with Crippen LogP contribution >= 0.6 is 12.4 Å². The minimum absolute atomic E-state index is 0. The summed E-state index contributed by atoms with van der Waals surface area (Å²) in [7, 11) is 0. The van der Waals surface area contributed by atoms with E-state index in [0.717, 1.165) is 36.0 Å². The number of fused-ring (bicyclic) bond motifs is 1. The van der Waals surface area contributed by atoms with Gasteiger partial charge in [0.1, 0.15) is 0 Å². The highest BCUT2D eigenvalue weighted by molar-refractivity contribution is 6.00. The highest BCUT2D eigenvalue weighted by Crippen LogP contribution is 2.21. The molecule has 3 N–H and O–H groups in total. The smallest absolute Gasteiger partial charge is 0.225 e. The number of para-hydroxylation sites is 1. The Kier molecular flexibility index (Phi) is 4.39. The van der Waals surface area contributed by atoms with Gasteiger partial charge < -0.3 is 10.6 Å². The average Bonchev–Trinajstić information content (AvgIpc) is 2.99. The third kappa shape index (κ3) is 3.05. The summed E-state index contributed by atoms with van der Waals surface area (Å²) >= 11 is 0. The zero-order valence-electron chi connectivity index (χ0n) is 10.5. The van der Waals surface area contributed by atoms with E-state index < -0.39 is 0 Å². The lowest BCUT2D eigenvalue weighted by Gasteiger charge is -2.10. The first kappa shape index (κ1) is 13.8. The number of H-pyrrole nitrogens is 1. The van der Waals surface area contributed by atoms with Crippen LogP contribution < -0.4 is 10.6 Å². The molecule has 1 atom stereocenters. The first-order valence-electron chi connectivity index (χ1n) is 6.28. The van der Waals surface area contributed by atoms with Gasteiger partial charge in [0.2, 0.25) is 5.91 Å². The van der Waals surface area contributed by atoms with Crippen LogP contribution in [0.2, 0.25) is 0 Å². The fraction of sp³-hybridized carbons (Fsp3) is 0.385. The number of hydrogen-bond acceptors (Lipinski definition) is 3. The molecule has 3 rings (SSSR count). The van der Waals surface area contributed by atoms with E-state index in [9.17, 15) is 4.79 Å². The molecule has 1 aliphatic rings. The SMILES string of the molecule is Cl.O=C(CC1CCCN1)Nc1cccc2cn[nH]c12. The number of rotatable bonds is 3. The molecule has 0 spiro atoms. The van der Waals surface area contributed by atoms with E-state index in [1.807, 2.05) is 18.2 Å². The van der Waals surface area contributed by atoms with Crippen molar-refractivity contribution in [2.75, 3.05) is 11.9 Å². The predicted molar refractivity (Wildman–Crippen MR) is 77.6 cm³/mol. The van der Waals surface area contributed by atoms with Gasteiger partial charge in [0.25, 0.3) is 0 Å². The maximum atomic E-state index is 11.9. The summed E-state index contributed by atoms with van der Waals surface area (Å²) in [5, 5.41) is 14.2. The number of aromatic nitrogens is 2. The molecule has 1 unspecified atom stereocenters. The van der Waals surface area contributed by atoms with Crippen molar-refractivity contribution < 1.29 is 4.79 Å². The number of benzene rings is 1. The molecule has 5 nitrogen and oxygen atoms in total. The minimum Gasteiger partial charge on any atom is -0.324 e. The first-order chi connectivity index (χ1) is 8.83. The topological polar surface area (TPSA) is 69.8 Å². The third-order valence-electron chi connectivity index (χ3n) is 3.34. The van der Waals surface area contributed by atoms with Gasteiger partial charge in [0.05, 0.1) is 17.4 Å². The molecule has 19 heavy (non-hydrogen) atoms. The third-order valence-corrected chi connectivity index (χ3v) is 3.34. The van der Waals surface area contributed by atoms with Crippen molar-refractivity contribution in [3.8, 4) is 0 Å². The van der Waals surface area contributed by atoms with Crippen LogP contribution in [0.5, 0.6) is 0 Å². The van der Waals surface area contributed by atoms with Gasteiger partial charge >= 0.3 is 0 Å². The lowest BCUT2D eigenvalue weighted by atomic mass is 10.1. The zero-order chi connectivity index (χ0) is 12.4. The van der Waals surface area contributed by atoms with Crippen LogP contribution in [0.25, 0.3) is 10.9 Å². The Labute approximate surface area is 117 Å². The molecule has 1 saturated heterocycles. The van der Waals surface area contributed by atoms with Gasteiger partial charge in [-0.1, -0.05) is 12.1 Å². The Morgan fingerprint density at radius 1 is 1.47 bits per heavy atom. The number of amides is 1. The highest BCUT2D eigenvalue weighted by Gasteiger charge is 2.18. The van der Waals surface area contributed by atoms with E-state index in [0.29, 0.717) is 12.5 Å². The average molecular weight is 281 g/mol. The Balaban J connectivity index is 0.00000133. The largest absolute Gasteiger partial charge is 0.324 e. The lowest BCUT2D eigenvalue weighted by molar-refractivity contribution is -0.116. The molecule has 1 amide bonds. The molecule has 0 bridgehead atoms. The van der Waals surface area contributed by atoms with Crippen molar-refractivity contribution in [3.63, 3.8) is 0 Å². The molecule has 2 aromatic rings. The number of halogens is 1. The van der Waals surface area contributed by atoms with E-state index in [1.54, 1.807) is 6.20 Å². The van der Waals surface area contributed by atoms with Gasteiger partial charge in [-0.2, -0.15) is 5.10 Å². The summed E-state index contributed by atoms with van der Waals surface area (Å²) in [5.41, 5.74) is 1.68. The Bertz CT molecular complexity index is 563.